The van der Waals surface area contributed by atoms with Gasteiger partial charge in [0.2, 0.25) is 0 Å². The quantitative estimate of drug-likeness (QED) is 0.743. The van der Waals surface area contributed by atoms with Crippen LogP contribution in [0.5, 0.6) is 0 Å². The first-order valence-electron chi connectivity index (χ1n) is 5.79. The number of thioether (sulfide) groups is 1. The van der Waals surface area contributed by atoms with Crippen LogP contribution in [0.2, 0.25) is 0 Å². The van der Waals surface area contributed by atoms with Crippen LogP contribution in [0.4, 0.5) is 0 Å². The number of aromatic nitrogens is 3. The molecule has 1 heterocycles. The summed E-state index contributed by atoms with van der Waals surface area (Å²) < 4.78 is 1.87. The highest BCUT2D eigenvalue weighted by Gasteiger charge is 2.12. The molecule has 92 valence electrons. The fourth-order valence-corrected chi connectivity index (χ4v) is 2.33. The lowest BCUT2D eigenvalue weighted by Crippen LogP contribution is -2.18. The highest BCUT2D eigenvalue weighted by Crippen LogP contribution is 2.11. The summed E-state index contributed by atoms with van der Waals surface area (Å²) in [4.78, 5) is 4.19. The van der Waals surface area contributed by atoms with E-state index >= 15 is 0 Å². The predicted octanol–water partition coefficient (Wildman–Crippen LogP) is 1.91. The average molecular weight is 243 g/mol. The summed E-state index contributed by atoms with van der Waals surface area (Å²) in [5, 5.41) is 14.0. The van der Waals surface area contributed by atoms with Gasteiger partial charge in [-0.1, -0.05) is 6.92 Å². The Morgan fingerprint density at radius 1 is 1.50 bits per heavy atom. The van der Waals surface area contributed by atoms with Gasteiger partial charge in [0.25, 0.3) is 0 Å². The van der Waals surface area contributed by atoms with Gasteiger partial charge in [0.1, 0.15) is 12.2 Å². The SMILES string of the molecule is CCCSCC(O)Cc1ncnn1C(C)C. The Bertz CT molecular complexity index is 301. The topological polar surface area (TPSA) is 50.9 Å². The Balaban J connectivity index is 2.43. The van der Waals surface area contributed by atoms with Crippen molar-refractivity contribution in [1.82, 2.24) is 14.8 Å². The summed E-state index contributed by atoms with van der Waals surface area (Å²) in [5.74, 6) is 2.76. The van der Waals surface area contributed by atoms with Crippen LogP contribution in [0.1, 0.15) is 39.1 Å². The van der Waals surface area contributed by atoms with Gasteiger partial charge in [-0.2, -0.15) is 16.9 Å². The van der Waals surface area contributed by atoms with Gasteiger partial charge in [-0.15, -0.1) is 0 Å². The molecule has 0 saturated carbocycles. The van der Waals surface area contributed by atoms with Crippen molar-refractivity contribution in [2.45, 2.75) is 45.8 Å². The van der Waals surface area contributed by atoms with Crippen molar-refractivity contribution in [2.24, 2.45) is 0 Å². The maximum atomic E-state index is 9.85. The fraction of sp³-hybridized carbons (Fsp3) is 0.818. The maximum Gasteiger partial charge on any atom is 0.138 e. The number of nitrogens with zero attached hydrogens (tertiary/aromatic N) is 3. The summed E-state index contributed by atoms with van der Waals surface area (Å²) in [6.07, 6.45) is 2.98. The standard InChI is InChI=1S/C11H21N3OS/c1-4-5-16-7-10(15)6-11-12-8-13-14(11)9(2)3/h8-10,15H,4-7H2,1-3H3. The first-order chi connectivity index (χ1) is 7.65. The molecule has 0 aliphatic heterocycles. The molecule has 0 amide bonds. The van der Waals surface area contributed by atoms with E-state index in [4.69, 9.17) is 0 Å². The van der Waals surface area contributed by atoms with Crippen LogP contribution < -0.4 is 0 Å². The highest BCUT2D eigenvalue weighted by molar-refractivity contribution is 7.99. The Morgan fingerprint density at radius 2 is 2.25 bits per heavy atom. The monoisotopic (exact) mass is 243 g/mol. The molecule has 1 N–H and O–H groups in total. The van der Waals surface area contributed by atoms with Gasteiger partial charge in [0.05, 0.1) is 6.10 Å². The zero-order valence-electron chi connectivity index (χ0n) is 10.3. The van der Waals surface area contributed by atoms with Crippen molar-refractivity contribution in [3.05, 3.63) is 12.2 Å². The van der Waals surface area contributed by atoms with Gasteiger partial charge >= 0.3 is 0 Å². The number of aliphatic hydroxyl groups excluding tert-OH is 1. The zero-order valence-corrected chi connectivity index (χ0v) is 11.1. The van der Waals surface area contributed by atoms with Crippen molar-refractivity contribution in [3.8, 4) is 0 Å². The molecule has 0 saturated heterocycles. The van der Waals surface area contributed by atoms with E-state index in [1.54, 1.807) is 18.1 Å². The van der Waals surface area contributed by atoms with Gasteiger partial charge in [-0.25, -0.2) is 9.67 Å². The maximum absolute atomic E-state index is 9.85. The largest absolute Gasteiger partial charge is 0.392 e. The molecular weight excluding hydrogens is 222 g/mol. The number of hydrogen-bond donors (Lipinski definition) is 1. The Labute approximate surface area is 101 Å². The molecule has 16 heavy (non-hydrogen) atoms. The minimum absolute atomic E-state index is 0.299. The second-order valence-electron chi connectivity index (χ2n) is 4.15. The summed E-state index contributed by atoms with van der Waals surface area (Å²) in [6.45, 7) is 6.28. The summed E-state index contributed by atoms with van der Waals surface area (Å²) >= 11 is 1.79. The number of aliphatic hydroxyl groups is 1. The lowest BCUT2D eigenvalue weighted by atomic mass is 10.2. The lowest BCUT2D eigenvalue weighted by molar-refractivity contribution is 0.195. The number of hydrogen-bond acceptors (Lipinski definition) is 4. The van der Waals surface area contributed by atoms with E-state index in [2.05, 4.69) is 30.9 Å². The van der Waals surface area contributed by atoms with Crippen molar-refractivity contribution in [3.63, 3.8) is 0 Å². The lowest BCUT2D eigenvalue weighted by Gasteiger charge is -2.12. The molecule has 0 aromatic carbocycles. The molecular formula is C11H21N3OS. The minimum atomic E-state index is -0.321. The molecule has 5 heteroatoms. The molecule has 1 aromatic heterocycles. The van der Waals surface area contributed by atoms with Gasteiger partial charge in [0, 0.05) is 18.2 Å². The Hall–Kier alpha value is -0.550. The normalized spacial score (nSPS) is 13.3. The smallest absolute Gasteiger partial charge is 0.138 e. The third-order valence-corrected chi connectivity index (χ3v) is 3.53. The highest BCUT2D eigenvalue weighted by atomic mass is 32.2. The molecule has 1 atom stereocenters. The Kier molecular flexibility index (Phi) is 5.84. The van der Waals surface area contributed by atoms with E-state index < -0.39 is 0 Å². The molecule has 0 spiro atoms. The van der Waals surface area contributed by atoms with E-state index in [9.17, 15) is 5.11 Å². The van der Waals surface area contributed by atoms with E-state index in [1.807, 2.05) is 4.68 Å². The molecule has 4 nitrogen and oxygen atoms in total. The molecule has 0 fully saturated rings. The predicted molar refractivity (Wildman–Crippen MR) is 67.7 cm³/mol. The zero-order chi connectivity index (χ0) is 12.0. The molecule has 1 aromatic rings. The van der Waals surface area contributed by atoms with E-state index in [-0.39, 0.29) is 6.10 Å². The summed E-state index contributed by atoms with van der Waals surface area (Å²) in [5.41, 5.74) is 0. The Morgan fingerprint density at radius 3 is 2.88 bits per heavy atom. The number of rotatable bonds is 7. The molecule has 0 bridgehead atoms. The molecule has 0 aliphatic carbocycles. The molecule has 1 rings (SSSR count). The minimum Gasteiger partial charge on any atom is -0.392 e. The average Bonchev–Trinajstić information content (AvgIpc) is 2.66. The van der Waals surface area contributed by atoms with Gasteiger partial charge < -0.3 is 5.11 Å². The van der Waals surface area contributed by atoms with Crippen LogP contribution >= 0.6 is 11.8 Å². The van der Waals surface area contributed by atoms with Gasteiger partial charge in [-0.05, 0) is 26.0 Å². The van der Waals surface area contributed by atoms with Crippen LogP contribution in [0.3, 0.4) is 0 Å². The van der Waals surface area contributed by atoms with Crippen molar-refractivity contribution >= 4 is 11.8 Å². The van der Waals surface area contributed by atoms with Crippen LogP contribution in [0.15, 0.2) is 6.33 Å². The molecule has 0 radical (unpaired) electrons. The van der Waals surface area contributed by atoms with Crippen LogP contribution in [-0.4, -0.2) is 37.5 Å². The molecule has 0 aliphatic rings. The van der Waals surface area contributed by atoms with Crippen LogP contribution in [0, 0.1) is 0 Å². The van der Waals surface area contributed by atoms with E-state index in [1.165, 1.54) is 0 Å². The third-order valence-electron chi connectivity index (χ3n) is 2.21. The van der Waals surface area contributed by atoms with Crippen LogP contribution in [0.25, 0.3) is 0 Å². The summed E-state index contributed by atoms with van der Waals surface area (Å²) in [7, 11) is 0. The van der Waals surface area contributed by atoms with Gasteiger partial charge in [-0.3, -0.25) is 0 Å². The van der Waals surface area contributed by atoms with Crippen LogP contribution in [-0.2, 0) is 6.42 Å². The van der Waals surface area contributed by atoms with E-state index in [0.717, 1.165) is 23.8 Å². The summed E-state index contributed by atoms with van der Waals surface area (Å²) in [6, 6.07) is 0.299. The fourth-order valence-electron chi connectivity index (χ4n) is 1.48. The third kappa shape index (κ3) is 4.14. The first-order valence-corrected chi connectivity index (χ1v) is 6.94. The second-order valence-corrected chi connectivity index (χ2v) is 5.30. The van der Waals surface area contributed by atoms with E-state index in [0.29, 0.717) is 12.5 Å². The van der Waals surface area contributed by atoms with Crippen molar-refractivity contribution < 1.29 is 5.11 Å². The van der Waals surface area contributed by atoms with Crippen molar-refractivity contribution in [2.75, 3.05) is 11.5 Å². The first kappa shape index (κ1) is 13.5. The van der Waals surface area contributed by atoms with Crippen molar-refractivity contribution in [1.29, 1.82) is 0 Å². The second kappa shape index (κ2) is 6.91. The van der Waals surface area contributed by atoms with Gasteiger partial charge in [0.15, 0.2) is 0 Å². The molecule has 1 unspecified atom stereocenters.